The van der Waals surface area contributed by atoms with Gasteiger partial charge in [-0.05, 0) is 11.4 Å². The SMILES string of the molecule is c1csc(-c2nnc(C3COCCN3)o2)c1. The maximum atomic E-state index is 5.61. The molecule has 0 aromatic carbocycles. The van der Waals surface area contributed by atoms with Gasteiger partial charge in [-0.3, -0.25) is 0 Å². The first-order valence-corrected chi connectivity index (χ1v) is 6.00. The first-order chi connectivity index (χ1) is 7.93. The molecule has 16 heavy (non-hydrogen) atoms. The van der Waals surface area contributed by atoms with Crippen molar-refractivity contribution in [2.24, 2.45) is 0 Å². The fraction of sp³-hybridized carbons (Fsp3) is 0.400. The lowest BCUT2D eigenvalue weighted by Gasteiger charge is -2.20. The summed E-state index contributed by atoms with van der Waals surface area (Å²) in [4.78, 5) is 0.996. The van der Waals surface area contributed by atoms with Crippen LogP contribution in [-0.4, -0.2) is 30.0 Å². The number of ether oxygens (including phenoxy) is 1. The summed E-state index contributed by atoms with van der Waals surface area (Å²) in [6.07, 6.45) is 0. The summed E-state index contributed by atoms with van der Waals surface area (Å²) in [5.41, 5.74) is 0. The lowest BCUT2D eigenvalue weighted by molar-refractivity contribution is 0.0683. The Morgan fingerprint density at radius 2 is 2.44 bits per heavy atom. The highest BCUT2D eigenvalue weighted by Gasteiger charge is 2.21. The number of thiophene rings is 1. The van der Waals surface area contributed by atoms with Crippen LogP contribution in [0.5, 0.6) is 0 Å². The molecule has 0 bridgehead atoms. The number of nitrogens with zero attached hydrogens (tertiary/aromatic N) is 2. The molecule has 1 aliphatic heterocycles. The van der Waals surface area contributed by atoms with E-state index in [1.807, 2.05) is 17.5 Å². The van der Waals surface area contributed by atoms with Crippen molar-refractivity contribution >= 4 is 11.3 Å². The van der Waals surface area contributed by atoms with Gasteiger partial charge in [-0.15, -0.1) is 21.5 Å². The van der Waals surface area contributed by atoms with Crippen LogP contribution in [0, 0.1) is 0 Å². The van der Waals surface area contributed by atoms with Gasteiger partial charge in [0, 0.05) is 6.54 Å². The second-order valence-electron chi connectivity index (χ2n) is 3.50. The fourth-order valence-corrected chi connectivity index (χ4v) is 2.24. The van der Waals surface area contributed by atoms with Crippen LogP contribution in [0.15, 0.2) is 21.9 Å². The minimum absolute atomic E-state index is 0.0231. The lowest BCUT2D eigenvalue weighted by atomic mass is 10.3. The molecule has 0 spiro atoms. The van der Waals surface area contributed by atoms with Crippen molar-refractivity contribution in [3.63, 3.8) is 0 Å². The van der Waals surface area contributed by atoms with Crippen LogP contribution in [-0.2, 0) is 4.74 Å². The number of aromatic nitrogens is 2. The van der Waals surface area contributed by atoms with Crippen LogP contribution in [0.25, 0.3) is 10.8 Å². The molecule has 5 nitrogen and oxygen atoms in total. The molecule has 0 radical (unpaired) electrons. The van der Waals surface area contributed by atoms with Crippen molar-refractivity contribution in [2.75, 3.05) is 19.8 Å². The maximum Gasteiger partial charge on any atom is 0.257 e. The molecule has 84 valence electrons. The van der Waals surface area contributed by atoms with Gasteiger partial charge < -0.3 is 14.5 Å². The van der Waals surface area contributed by atoms with Gasteiger partial charge in [0.05, 0.1) is 18.1 Å². The zero-order valence-corrected chi connectivity index (χ0v) is 9.37. The van der Waals surface area contributed by atoms with Gasteiger partial charge in [-0.2, -0.15) is 0 Å². The average molecular weight is 237 g/mol. The van der Waals surface area contributed by atoms with Gasteiger partial charge in [0.1, 0.15) is 6.04 Å². The summed E-state index contributed by atoms with van der Waals surface area (Å²) in [5.74, 6) is 1.18. The number of rotatable bonds is 2. The van der Waals surface area contributed by atoms with Crippen LogP contribution >= 0.6 is 11.3 Å². The third-order valence-electron chi connectivity index (χ3n) is 2.39. The molecular formula is C10H11N3O2S. The molecule has 1 aliphatic rings. The Kier molecular flexibility index (Phi) is 2.69. The minimum Gasteiger partial charge on any atom is -0.418 e. The number of morpholine rings is 1. The van der Waals surface area contributed by atoms with E-state index in [0.717, 1.165) is 18.0 Å². The predicted octanol–water partition coefficient (Wildman–Crippen LogP) is 1.46. The van der Waals surface area contributed by atoms with E-state index in [1.54, 1.807) is 11.3 Å². The third kappa shape index (κ3) is 1.87. The second-order valence-corrected chi connectivity index (χ2v) is 4.45. The molecule has 3 rings (SSSR count). The molecule has 1 fully saturated rings. The molecular weight excluding hydrogens is 226 g/mol. The largest absolute Gasteiger partial charge is 0.418 e. The van der Waals surface area contributed by atoms with Gasteiger partial charge in [0.15, 0.2) is 0 Å². The van der Waals surface area contributed by atoms with E-state index in [-0.39, 0.29) is 6.04 Å². The summed E-state index contributed by atoms with van der Waals surface area (Å²) in [7, 11) is 0. The highest BCUT2D eigenvalue weighted by molar-refractivity contribution is 7.13. The summed E-state index contributed by atoms with van der Waals surface area (Å²) in [6, 6.07) is 3.95. The highest BCUT2D eigenvalue weighted by Crippen LogP contribution is 2.25. The van der Waals surface area contributed by atoms with Crippen LogP contribution in [0.3, 0.4) is 0 Å². The van der Waals surface area contributed by atoms with Gasteiger partial charge in [0.25, 0.3) is 5.89 Å². The first kappa shape index (κ1) is 9.95. The van der Waals surface area contributed by atoms with Crippen molar-refractivity contribution in [3.05, 3.63) is 23.4 Å². The molecule has 1 unspecified atom stereocenters. The molecule has 6 heteroatoms. The van der Waals surface area contributed by atoms with Crippen molar-refractivity contribution < 1.29 is 9.15 Å². The van der Waals surface area contributed by atoms with E-state index in [9.17, 15) is 0 Å². The summed E-state index contributed by atoms with van der Waals surface area (Å²) >= 11 is 1.59. The molecule has 1 N–H and O–H groups in total. The van der Waals surface area contributed by atoms with Crippen LogP contribution in [0.2, 0.25) is 0 Å². The predicted molar refractivity (Wildman–Crippen MR) is 59.2 cm³/mol. The normalized spacial score (nSPS) is 21.1. The summed E-state index contributed by atoms with van der Waals surface area (Å²) < 4.78 is 11.0. The Hall–Kier alpha value is -1.24. The molecule has 0 amide bonds. The van der Waals surface area contributed by atoms with Crippen LogP contribution in [0.1, 0.15) is 11.9 Å². The van der Waals surface area contributed by atoms with E-state index in [4.69, 9.17) is 9.15 Å². The monoisotopic (exact) mass is 237 g/mol. The van der Waals surface area contributed by atoms with Crippen molar-refractivity contribution in [3.8, 4) is 10.8 Å². The van der Waals surface area contributed by atoms with E-state index in [1.165, 1.54) is 0 Å². The minimum atomic E-state index is 0.0231. The van der Waals surface area contributed by atoms with Crippen LogP contribution in [0.4, 0.5) is 0 Å². The van der Waals surface area contributed by atoms with Gasteiger partial charge in [-0.1, -0.05) is 6.07 Å². The molecule has 2 aromatic heterocycles. The Morgan fingerprint density at radius 1 is 1.44 bits per heavy atom. The maximum absolute atomic E-state index is 5.61. The highest BCUT2D eigenvalue weighted by atomic mass is 32.1. The molecule has 2 aromatic rings. The molecule has 0 saturated carbocycles. The van der Waals surface area contributed by atoms with E-state index >= 15 is 0 Å². The standard InChI is InChI=1S/C10H11N3O2S/c1-2-8(16-5-1)10-13-12-9(15-10)7-6-14-4-3-11-7/h1-2,5,7,11H,3-4,6H2. The average Bonchev–Trinajstić information content (AvgIpc) is 3.01. The van der Waals surface area contributed by atoms with Gasteiger partial charge >= 0.3 is 0 Å². The number of hydrogen-bond donors (Lipinski definition) is 1. The third-order valence-corrected chi connectivity index (χ3v) is 3.25. The zero-order chi connectivity index (χ0) is 10.8. The Bertz CT molecular complexity index is 448. The van der Waals surface area contributed by atoms with Crippen LogP contribution < -0.4 is 5.32 Å². The molecule has 1 atom stereocenters. The van der Waals surface area contributed by atoms with E-state index < -0.39 is 0 Å². The van der Waals surface area contributed by atoms with E-state index in [0.29, 0.717) is 18.4 Å². The Labute approximate surface area is 96.4 Å². The second kappa shape index (κ2) is 4.32. The molecule has 3 heterocycles. The number of nitrogens with one attached hydrogen (secondary N) is 1. The Balaban J connectivity index is 1.82. The molecule has 0 aliphatic carbocycles. The van der Waals surface area contributed by atoms with E-state index in [2.05, 4.69) is 15.5 Å². The smallest absolute Gasteiger partial charge is 0.257 e. The number of hydrogen-bond acceptors (Lipinski definition) is 6. The molecule has 1 saturated heterocycles. The lowest BCUT2D eigenvalue weighted by Crippen LogP contribution is -2.34. The van der Waals surface area contributed by atoms with Crippen molar-refractivity contribution in [1.29, 1.82) is 0 Å². The van der Waals surface area contributed by atoms with Crippen molar-refractivity contribution in [2.45, 2.75) is 6.04 Å². The quantitative estimate of drug-likeness (QED) is 0.856. The summed E-state index contributed by atoms with van der Waals surface area (Å²) in [6.45, 7) is 2.15. The van der Waals surface area contributed by atoms with Crippen molar-refractivity contribution in [1.82, 2.24) is 15.5 Å². The van der Waals surface area contributed by atoms with Gasteiger partial charge in [-0.25, -0.2) is 0 Å². The topological polar surface area (TPSA) is 60.2 Å². The summed E-state index contributed by atoms with van der Waals surface area (Å²) in [5, 5.41) is 13.3. The van der Waals surface area contributed by atoms with Gasteiger partial charge in [0.2, 0.25) is 5.89 Å². The zero-order valence-electron chi connectivity index (χ0n) is 8.55. The fourth-order valence-electron chi connectivity index (χ4n) is 1.60. The first-order valence-electron chi connectivity index (χ1n) is 5.12. The Morgan fingerprint density at radius 3 is 3.19 bits per heavy atom.